The van der Waals surface area contributed by atoms with Gasteiger partial charge in [-0.1, -0.05) is 0 Å². The lowest BCUT2D eigenvalue weighted by Crippen LogP contribution is -2.55. The summed E-state index contributed by atoms with van der Waals surface area (Å²) in [6.45, 7) is 0. The number of hydrogen-bond acceptors (Lipinski definition) is 3. The van der Waals surface area contributed by atoms with Crippen LogP contribution >= 0.6 is 0 Å². The van der Waals surface area contributed by atoms with Crippen molar-refractivity contribution in [3.63, 3.8) is 0 Å². The first-order valence-corrected chi connectivity index (χ1v) is 4.09. The van der Waals surface area contributed by atoms with E-state index in [9.17, 15) is 36.3 Å². The van der Waals surface area contributed by atoms with Crippen LogP contribution in [0.3, 0.4) is 0 Å². The van der Waals surface area contributed by atoms with Crippen molar-refractivity contribution in [1.29, 1.82) is 0 Å². The van der Waals surface area contributed by atoms with Gasteiger partial charge < -0.3 is 15.5 Å². The van der Waals surface area contributed by atoms with Gasteiger partial charge in [-0.25, -0.2) is 4.79 Å². The summed E-state index contributed by atoms with van der Waals surface area (Å²) in [7, 11) is 0. The fraction of sp³-hybridized carbons (Fsp3) is 0.571. The van der Waals surface area contributed by atoms with Crippen molar-refractivity contribution in [1.82, 2.24) is 5.32 Å². The minimum atomic E-state index is -6.20. The second kappa shape index (κ2) is 5.14. The Morgan fingerprint density at radius 2 is 1.50 bits per heavy atom. The number of halogens is 5. The van der Waals surface area contributed by atoms with Crippen LogP contribution in [0.5, 0.6) is 0 Å². The number of aliphatic carboxylic acids is 2. The normalized spacial score (nSPS) is 13.8. The van der Waals surface area contributed by atoms with Crippen LogP contribution in [-0.2, 0) is 14.4 Å². The molecule has 0 saturated carbocycles. The van der Waals surface area contributed by atoms with E-state index >= 15 is 0 Å². The lowest BCUT2D eigenvalue weighted by atomic mass is 10.2. The molecule has 1 atom stereocenters. The number of carbonyl (C=O) groups is 3. The second-order valence-corrected chi connectivity index (χ2v) is 3.03. The largest absolute Gasteiger partial charge is 0.481 e. The van der Waals surface area contributed by atoms with Crippen molar-refractivity contribution in [2.45, 2.75) is 24.6 Å². The molecule has 11 heteroatoms. The highest BCUT2D eigenvalue weighted by Crippen LogP contribution is 2.35. The molecule has 0 heterocycles. The predicted molar refractivity (Wildman–Crippen MR) is 42.8 cm³/mol. The highest BCUT2D eigenvalue weighted by Gasteiger charge is 2.63. The average molecular weight is 279 g/mol. The number of rotatable bonds is 5. The van der Waals surface area contributed by atoms with Crippen molar-refractivity contribution in [2.24, 2.45) is 0 Å². The number of hydrogen-bond donors (Lipinski definition) is 3. The summed E-state index contributed by atoms with van der Waals surface area (Å²) >= 11 is 0. The Bertz CT molecular complexity index is 366. The number of carbonyl (C=O) groups excluding carboxylic acids is 1. The topological polar surface area (TPSA) is 104 Å². The molecular formula is C7H6F5NO5. The summed E-state index contributed by atoms with van der Waals surface area (Å²) < 4.78 is 60.0. The minimum Gasteiger partial charge on any atom is -0.481 e. The van der Waals surface area contributed by atoms with Gasteiger partial charge in [-0.2, -0.15) is 22.0 Å². The molecule has 0 radical (unpaired) electrons. The van der Waals surface area contributed by atoms with Gasteiger partial charge in [-0.15, -0.1) is 0 Å². The summed E-state index contributed by atoms with van der Waals surface area (Å²) in [6, 6.07) is -2.39. The molecule has 0 aromatic heterocycles. The maximum atomic E-state index is 12.4. The molecule has 0 saturated heterocycles. The second-order valence-electron chi connectivity index (χ2n) is 3.03. The van der Waals surface area contributed by atoms with E-state index in [0.717, 1.165) is 5.32 Å². The SMILES string of the molecule is O=C(O)C[C@@H](NC(=O)C(F)(F)C(F)(F)F)C(=O)O. The van der Waals surface area contributed by atoms with Gasteiger partial charge in [0.1, 0.15) is 6.04 Å². The molecule has 0 bridgehead atoms. The molecule has 0 spiro atoms. The lowest BCUT2D eigenvalue weighted by molar-refractivity contribution is -0.270. The molecule has 3 N–H and O–H groups in total. The molecule has 0 rings (SSSR count). The first-order chi connectivity index (χ1) is 7.89. The third-order valence-corrected chi connectivity index (χ3v) is 1.62. The molecule has 0 unspecified atom stereocenters. The zero-order valence-electron chi connectivity index (χ0n) is 8.29. The zero-order chi connectivity index (χ0) is 14.7. The van der Waals surface area contributed by atoms with Crippen molar-refractivity contribution < 1.29 is 46.5 Å². The van der Waals surface area contributed by atoms with Crippen LogP contribution in [0.1, 0.15) is 6.42 Å². The van der Waals surface area contributed by atoms with Crippen LogP contribution in [0, 0.1) is 0 Å². The van der Waals surface area contributed by atoms with Gasteiger partial charge in [0.15, 0.2) is 0 Å². The number of nitrogens with one attached hydrogen (secondary N) is 1. The third kappa shape index (κ3) is 3.82. The average Bonchev–Trinajstić information content (AvgIpc) is 2.13. The molecule has 0 aliphatic carbocycles. The number of carboxylic acids is 2. The standard InChI is InChI=1S/C7H6F5NO5/c8-6(9,7(10,11)12)5(18)13-2(4(16)17)1-3(14)15/h2H,1H2,(H,13,18)(H,14,15)(H,16,17)/t2-/m1/s1. The Morgan fingerprint density at radius 3 is 1.78 bits per heavy atom. The van der Waals surface area contributed by atoms with Crippen LogP contribution in [0.2, 0.25) is 0 Å². The molecule has 0 aromatic rings. The summed E-state index contributed by atoms with van der Waals surface area (Å²) in [6.07, 6.45) is -7.54. The van der Waals surface area contributed by atoms with Gasteiger partial charge in [-0.05, 0) is 0 Å². The minimum absolute atomic E-state index is 0.805. The van der Waals surface area contributed by atoms with E-state index in [1.54, 1.807) is 0 Å². The van der Waals surface area contributed by atoms with Crippen molar-refractivity contribution in [2.75, 3.05) is 0 Å². The Hall–Kier alpha value is -1.94. The first kappa shape index (κ1) is 16.1. The summed E-state index contributed by atoms with van der Waals surface area (Å²) in [5.41, 5.74) is 0. The molecule has 0 aromatic carbocycles. The summed E-state index contributed by atoms with van der Waals surface area (Å²) in [4.78, 5) is 31.0. The molecular weight excluding hydrogens is 273 g/mol. The highest BCUT2D eigenvalue weighted by molar-refractivity contribution is 5.90. The highest BCUT2D eigenvalue weighted by atomic mass is 19.4. The van der Waals surface area contributed by atoms with E-state index in [2.05, 4.69) is 0 Å². The number of alkyl halides is 5. The van der Waals surface area contributed by atoms with Crippen LogP contribution in [0.4, 0.5) is 22.0 Å². The first-order valence-electron chi connectivity index (χ1n) is 4.09. The monoisotopic (exact) mass is 279 g/mol. The Balaban J connectivity index is 4.91. The molecule has 0 aliphatic rings. The van der Waals surface area contributed by atoms with Gasteiger partial charge in [0, 0.05) is 0 Å². The lowest BCUT2D eigenvalue weighted by Gasteiger charge is -2.20. The fourth-order valence-corrected chi connectivity index (χ4v) is 0.752. The van der Waals surface area contributed by atoms with Crippen LogP contribution in [-0.4, -0.2) is 46.2 Å². The van der Waals surface area contributed by atoms with Gasteiger partial charge in [0.05, 0.1) is 6.42 Å². The quantitative estimate of drug-likeness (QED) is 0.625. The van der Waals surface area contributed by atoms with Crippen LogP contribution < -0.4 is 5.32 Å². The number of carboxylic acid groups (broad SMARTS) is 2. The van der Waals surface area contributed by atoms with E-state index in [0.29, 0.717) is 0 Å². The van der Waals surface area contributed by atoms with Crippen LogP contribution in [0.15, 0.2) is 0 Å². The molecule has 0 aliphatic heterocycles. The molecule has 6 nitrogen and oxygen atoms in total. The summed E-state index contributed by atoms with van der Waals surface area (Å²) in [5.74, 6) is -12.6. The van der Waals surface area contributed by atoms with Crippen LogP contribution in [0.25, 0.3) is 0 Å². The molecule has 0 fully saturated rings. The summed E-state index contributed by atoms with van der Waals surface area (Å²) in [5, 5.41) is 17.3. The van der Waals surface area contributed by atoms with Gasteiger partial charge in [-0.3, -0.25) is 9.59 Å². The maximum absolute atomic E-state index is 12.4. The smallest absolute Gasteiger partial charge is 0.463 e. The zero-order valence-corrected chi connectivity index (χ0v) is 8.29. The van der Waals surface area contributed by atoms with Gasteiger partial charge in [0.25, 0.3) is 0 Å². The Labute approximate surface area is 95.4 Å². The molecule has 1 amide bonds. The van der Waals surface area contributed by atoms with E-state index in [1.807, 2.05) is 0 Å². The van der Waals surface area contributed by atoms with E-state index in [4.69, 9.17) is 10.2 Å². The van der Waals surface area contributed by atoms with Gasteiger partial charge >= 0.3 is 29.9 Å². The molecule has 104 valence electrons. The third-order valence-electron chi connectivity index (χ3n) is 1.62. The Morgan fingerprint density at radius 1 is 1.06 bits per heavy atom. The van der Waals surface area contributed by atoms with Crippen molar-refractivity contribution in [3.05, 3.63) is 0 Å². The van der Waals surface area contributed by atoms with E-state index in [-0.39, 0.29) is 0 Å². The molecule has 18 heavy (non-hydrogen) atoms. The van der Waals surface area contributed by atoms with Gasteiger partial charge in [0.2, 0.25) is 0 Å². The Kier molecular flexibility index (Phi) is 4.59. The van der Waals surface area contributed by atoms with E-state index in [1.165, 1.54) is 0 Å². The fourth-order valence-electron chi connectivity index (χ4n) is 0.752. The van der Waals surface area contributed by atoms with Crippen molar-refractivity contribution in [3.8, 4) is 0 Å². The maximum Gasteiger partial charge on any atom is 0.463 e. The van der Waals surface area contributed by atoms with Crippen molar-refractivity contribution >= 4 is 17.8 Å². The predicted octanol–water partition coefficient (Wildman–Crippen LogP) is 0.228. The van der Waals surface area contributed by atoms with E-state index < -0.39 is 42.4 Å². The number of amides is 1.